The summed E-state index contributed by atoms with van der Waals surface area (Å²) in [6.07, 6.45) is 3.01. The van der Waals surface area contributed by atoms with Crippen LogP contribution in [0.2, 0.25) is 0 Å². The van der Waals surface area contributed by atoms with Crippen molar-refractivity contribution in [3.05, 3.63) is 95.1 Å². The van der Waals surface area contributed by atoms with Gasteiger partial charge in [-0.25, -0.2) is 0 Å². The Hall–Kier alpha value is -2.44. The van der Waals surface area contributed by atoms with E-state index in [-0.39, 0.29) is 5.16 Å². The Balaban J connectivity index is 1.91. The molecule has 0 radical (unpaired) electrons. The van der Waals surface area contributed by atoms with Crippen LogP contribution in [0, 0.1) is 6.92 Å². The number of hydrogen-bond acceptors (Lipinski definition) is 2. The molecule has 0 aliphatic carbocycles. The molecular weight excluding hydrogens is 373 g/mol. The first-order chi connectivity index (χ1) is 14.1. The van der Waals surface area contributed by atoms with Crippen molar-refractivity contribution in [2.24, 2.45) is 4.99 Å². The van der Waals surface area contributed by atoms with E-state index in [0.29, 0.717) is 15.2 Å². The van der Waals surface area contributed by atoms with Crippen LogP contribution in [0.4, 0.5) is 0 Å². The van der Waals surface area contributed by atoms with Gasteiger partial charge in [0.05, 0.1) is 0 Å². The van der Waals surface area contributed by atoms with Crippen LogP contribution in [0.5, 0.6) is 5.75 Å². The lowest BCUT2D eigenvalue weighted by Gasteiger charge is -2.31. The maximum absolute atomic E-state index is 6.28. The fourth-order valence-electron chi connectivity index (χ4n) is 3.47. The highest BCUT2D eigenvalue weighted by Gasteiger charge is 2.29. The number of rotatable bonds is 8. The molecule has 3 rings (SSSR count). The molecule has 3 aromatic carbocycles. The van der Waals surface area contributed by atoms with Crippen LogP contribution < -0.4 is 10.0 Å². The van der Waals surface area contributed by atoms with Gasteiger partial charge in [-0.1, -0.05) is 88.7 Å². The average Bonchev–Trinajstić information content (AvgIpc) is 2.75. The SMILES string of the molecule is CCC(C)(Pc1ccc(C)cc1/C=N/C)c1ccccc1OCc1ccccc1. The molecule has 29 heavy (non-hydrogen) atoms. The van der Waals surface area contributed by atoms with Gasteiger partial charge in [-0.05, 0) is 41.9 Å². The zero-order valence-corrected chi connectivity index (χ0v) is 18.8. The predicted octanol–water partition coefficient (Wildman–Crippen LogP) is 6.25. The highest BCUT2D eigenvalue weighted by atomic mass is 31.1. The maximum Gasteiger partial charge on any atom is 0.123 e. The van der Waals surface area contributed by atoms with Crippen LogP contribution in [0.1, 0.15) is 42.5 Å². The molecule has 3 heteroatoms. The highest BCUT2D eigenvalue weighted by Crippen LogP contribution is 2.47. The second kappa shape index (κ2) is 9.85. The van der Waals surface area contributed by atoms with Gasteiger partial charge in [0.2, 0.25) is 0 Å². The molecule has 3 aromatic rings. The molecule has 0 aliphatic rings. The minimum Gasteiger partial charge on any atom is -0.489 e. The molecule has 2 nitrogen and oxygen atoms in total. The Bertz CT molecular complexity index is 967. The number of nitrogens with zero attached hydrogens (tertiary/aromatic N) is 1. The van der Waals surface area contributed by atoms with E-state index in [0.717, 1.165) is 12.2 Å². The van der Waals surface area contributed by atoms with Gasteiger partial charge < -0.3 is 4.74 Å². The van der Waals surface area contributed by atoms with E-state index >= 15 is 0 Å². The molecule has 0 amide bonds. The number of ether oxygens (including phenoxy) is 1. The summed E-state index contributed by atoms with van der Waals surface area (Å²) in [5.74, 6) is 0.978. The van der Waals surface area contributed by atoms with E-state index in [9.17, 15) is 0 Å². The van der Waals surface area contributed by atoms with Crippen LogP contribution >= 0.6 is 8.58 Å². The molecule has 2 atom stereocenters. The Morgan fingerprint density at radius 3 is 2.45 bits per heavy atom. The molecule has 0 saturated heterocycles. The van der Waals surface area contributed by atoms with Gasteiger partial charge in [0.15, 0.2) is 0 Å². The second-order valence-corrected chi connectivity index (χ2v) is 9.45. The molecule has 150 valence electrons. The molecule has 2 unspecified atom stereocenters. The van der Waals surface area contributed by atoms with Gasteiger partial charge in [0.1, 0.15) is 12.4 Å². The normalized spacial score (nSPS) is 13.8. The number of benzene rings is 3. The first-order valence-electron chi connectivity index (χ1n) is 10.1. The predicted molar refractivity (Wildman–Crippen MR) is 128 cm³/mol. The van der Waals surface area contributed by atoms with Crippen molar-refractivity contribution >= 4 is 20.1 Å². The number of hydrogen-bond donors (Lipinski definition) is 0. The number of para-hydroxylation sites is 1. The van der Waals surface area contributed by atoms with E-state index in [2.05, 4.69) is 92.5 Å². The standard InChI is InChI=1S/C26H30NOP/c1-5-26(3,29-25-16-15-20(2)17-22(25)18-27-4)23-13-9-10-14-24(23)28-19-21-11-7-6-8-12-21/h6-18,29H,5,19H2,1-4H3/b27-18+. The van der Waals surface area contributed by atoms with Gasteiger partial charge in [-0.2, -0.15) is 0 Å². The Morgan fingerprint density at radius 1 is 1.00 bits per heavy atom. The van der Waals surface area contributed by atoms with Crippen LogP contribution in [0.3, 0.4) is 0 Å². The van der Waals surface area contributed by atoms with Gasteiger partial charge >= 0.3 is 0 Å². The third kappa shape index (κ3) is 5.34. The van der Waals surface area contributed by atoms with Crippen molar-refractivity contribution < 1.29 is 4.74 Å². The topological polar surface area (TPSA) is 21.6 Å². The zero-order chi connectivity index (χ0) is 20.7. The lowest BCUT2D eigenvalue weighted by Crippen LogP contribution is -2.21. The fourth-order valence-corrected chi connectivity index (χ4v) is 5.03. The van der Waals surface area contributed by atoms with Crippen LogP contribution in [0.15, 0.2) is 77.8 Å². The molecule has 0 bridgehead atoms. The van der Waals surface area contributed by atoms with Gasteiger partial charge in [0, 0.05) is 24.0 Å². The fraction of sp³-hybridized carbons (Fsp3) is 0.269. The maximum atomic E-state index is 6.28. The summed E-state index contributed by atoms with van der Waals surface area (Å²) in [5.41, 5.74) is 4.94. The van der Waals surface area contributed by atoms with E-state index < -0.39 is 0 Å². The Morgan fingerprint density at radius 2 is 1.72 bits per heavy atom. The minimum atomic E-state index is -0.00112. The first kappa shape index (κ1) is 21.3. The van der Waals surface area contributed by atoms with E-state index in [1.807, 2.05) is 19.3 Å². The van der Waals surface area contributed by atoms with Crippen molar-refractivity contribution in [2.45, 2.75) is 39.0 Å². The second-order valence-electron chi connectivity index (χ2n) is 7.56. The van der Waals surface area contributed by atoms with Crippen molar-refractivity contribution in [1.82, 2.24) is 0 Å². The number of aryl methyl sites for hydroxylation is 1. The van der Waals surface area contributed by atoms with Gasteiger partial charge in [-0.15, -0.1) is 0 Å². The lowest BCUT2D eigenvalue weighted by atomic mass is 9.96. The smallest absolute Gasteiger partial charge is 0.123 e. The summed E-state index contributed by atoms with van der Waals surface area (Å²) in [4.78, 5) is 4.27. The van der Waals surface area contributed by atoms with Crippen LogP contribution in [0.25, 0.3) is 0 Å². The summed E-state index contributed by atoms with van der Waals surface area (Å²) >= 11 is 0. The Labute approximate surface area is 176 Å². The molecule has 0 aliphatic heterocycles. The highest BCUT2D eigenvalue weighted by molar-refractivity contribution is 7.48. The molecule has 0 aromatic heterocycles. The molecule has 0 spiro atoms. The van der Waals surface area contributed by atoms with Gasteiger partial charge in [-0.3, -0.25) is 4.99 Å². The largest absolute Gasteiger partial charge is 0.489 e. The number of aliphatic imine (C=N–C) groups is 1. The summed E-state index contributed by atoms with van der Waals surface area (Å²) < 4.78 is 6.28. The zero-order valence-electron chi connectivity index (χ0n) is 17.8. The van der Waals surface area contributed by atoms with Crippen molar-refractivity contribution in [2.75, 3.05) is 7.05 Å². The van der Waals surface area contributed by atoms with E-state index in [4.69, 9.17) is 4.74 Å². The summed E-state index contributed by atoms with van der Waals surface area (Å²) in [7, 11) is 2.46. The quantitative estimate of drug-likeness (QED) is 0.322. The van der Waals surface area contributed by atoms with Crippen molar-refractivity contribution in [1.29, 1.82) is 0 Å². The third-order valence-corrected chi connectivity index (χ3v) is 7.21. The van der Waals surface area contributed by atoms with Crippen LogP contribution in [-0.2, 0) is 11.8 Å². The summed E-state index contributed by atoms with van der Waals surface area (Å²) in [6, 6.07) is 25.5. The average molecular weight is 404 g/mol. The Kier molecular flexibility index (Phi) is 7.23. The molecule has 0 saturated carbocycles. The molecule has 0 heterocycles. The van der Waals surface area contributed by atoms with Crippen molar-refractivity contribution in [3.8, 4) is 5.75 Å². The van der Waals surface area contributed by atoms with E-state index in [1.165, 1.54) is 27.6 Å². The first-order valence-corrected chi connectivity index (χ1v) is 11.1. The van der Waals surface area contributed by atoms with Crippen molar-refractivity contribution in [3.63, 3.8) is 0 Å². The minimum absolute atomic E-state index is 0.00112. The molecular formula is C26H30NOP. The van der Waals surface area contributed by atoms with Crippen LogP contribution in [-0.4, -0.2) is 13.3 Å². The summed E-state index contributed by atoms with van der Waals surface area (Å²) in [6.45, 7) is 7.33. The monoisotopic (exact) mass is 403 g/mol. The third-order valence-electron chi connectivity index (χ3n) is 5.31. The summed E-state index contributed by atoms with van der Waals surface area (Å²) in [5, 5.41) is 1.35. The molecule has 0 N–H and O–H groups in total. The lowest BCUT2D eigenvalue weighted by molar-refractivity contribution is 0.300. The van der Waals surface area contributed by atoms with Gasteiger partial charge in [0.25, 0.3) is 0 Å². The molecule has 0 fully saturated rings. The van der Waals surface area contributed by atoms with E-state index in [1.54, 1.807) is 0 Å².